The lowest BCUT2D eigenvalue weighted by Gasteiger charge is -2.58. The highest BCUT2D eigenvalue weighted by Crippen LogP contribution is 2.52. The Balaban J connectivity index is 2.52. The largest absolute Gasteiger partial charge is 0.378 e. The van der Waals surface area contributed by atoms with Gasteiger partial charge in [-0.2, -0.15) is 0 Å². The molecule has 0 radical (unpaired) electrons. The van der Waals surface area contributed by atoms with E-state index in [9.17, 15) is 16.8 Å². The van der Waals surface area contributed by atoms with Gasteiger partial charge in [-0.05, 0) is 44.4 Å². The fourth-order valence-corrected chi connectivity index (χ4v) is 6.02. The molecule has 1 aliphatic rings. The highest BCUT2D eigenvalue weighted by Gasteiger charge is 2.55. The lowest BCUT2D eigenvalue weighted by molar-refractivity contribution is -0.128. The maximum absolute atomic E-state index is 12.4. The third-order valence-electron chi connectivity index (χ3n) is 6.03. The van der Waals surface area contributed by atoms with Crippen LogP contribution >= 0.6 is 0 Å². The molecule has 0 amide bonds. The highest BCUT2D eigenvalue weighted by atomic mass is 32.2. The second kappa shape index (κ2) is 7.72. The average molecular weight is 418 g/mol. The highest BCUT2D eigenvalue weighted by molar-refractivity contribution is 7.91. The molecule has 1 aliphatic carbocycles. The van der Waals surface area contributed by atoms with E-state index in [1.807, 2.05) is 18.9 Å². The summed E-state index contributed by atoms with van der Waals surface area (Å²) >= 11 is 0. The molecule has 1 aromatic rings. The minimum Gasteiger partial charge on any atom is -0.378 e. The van der Waals surface area contributed by atoms with E-state index in [2.05, 4.69) is 13.8 Å². The van der Waals surface area contributed by atoms with Crippen LogP contribution in [0.3, 0.4) is 0 Å². The van der Waals surface area contributed by atoms with Crippen LogP contribution in [-0.4, -0.2) is 55.1 Å². The first kappa shape index (κ1) is 22.2. The molecule has 0 heterocycles. The van der Waals surface area contributed by atoms with Crippen molar-refractivity contribution in [3.63, 3.8) is 0 Å². The van der Waals surface area contributed by atoms with Gasteiger partial charge in [0.05, 0.1) is 21.6 Å². The van der Waals surface area contributed by atoms with Gasteiger partial charge >= 0.3 is 0 Å². The Morgan fingerprint density at radius 1 is 1.07 bits per heavy atom. The molecule has 1 aromatic carbocycles. The van der Waals surface area contributed by atoms with Gasteiger partial charge in [-0.3, -0.25) is 0 Å². The summed E-state index contributed by atoms with van der Waals surface area (Å²) in [6.07, 6.45) is 5.03. The molecule has 8 heteroatoms. The third kappa shape index (κ3) is 4.03. The van der Waals surface area contributed by atoms with Crippen molar-refractivity contribution in [2.75, 3.05) is 31.1 Å². The van der Waals surface area contributed by atoms with Crippen LogP contribution in [-0.2, 0) is 24.4 Å². The molecule has 0 aliphatic heterocycles. The lowest BCUT2D eigenvalue weighted by atomic mass is 9.58. The van der Waals surface area contributed by atoms with E-state index in [0.717, 1.165) is 31.8 Å². The summed E-state index contributed by atoms with van der Waals surface area (Å²) in [7, 11) is -5.20. The molecule has 2 atom stereocenters. The number of sulfone groups is 2. The standard InChI is InChI=1S/C19H31NO5S2/c1-7-19(8-2)17(13-18(19)25-9-3)20(4)15-11-10-14(26(5,21)22)12-16(15)27(6,23)24/h10-12,17-18H,7-9,13H2,1-6H3/t17-,18+/m1/s1. The van der Waals surface area contributed by atoms with Gasteiger partial charge in [0, 0.05) is 37.6 Å². The second-order valence-corrected chi connectivity index (χ2v) is 11.4. The van der Waals surface area contributed by atoms with E-state index in [-0.39, 0.29) is 27.4 Å². The van der Waals surface area contributed by atoms with Crippen LogP contribution in [0.2, 0.25) is 0 Å². The SMILES string of the molecule is CCO[C@H]1C[C@@H](N(C)c2ccc(S(C)(=O)=O)cc2S(C)(=O)=O)C1(CC)CC. The fraction of sp³-hybridized carbons (Fsp3) is 0.684. The van der Waals surface area contributed by atoms with Gasteiger partial charge in [-0.25, -0.2) is 16.8 Å². The fourth-order valence-electron chi connectivity index (χ4n) is 4.36. The summed E-state index contributed by atoms with van der Waals surface area (Å²) in [6.45, 7) is 6.92. The van der Waals surface area contributed by atoms with Crippen molar-refractivity contribution in [2.45, 2.75) is 62.0 Å². The molecular weight excluding hydrogens is 386 g/mol. The van der Waals surface area contributed by atoms with Crippen LogP contribution in [0.15, 0.2) is 28.0 Å². The molecule has 0 N–H and O–H groups in total. The predicted molar refractivity (Wildman–Crippen MR) is 108 cm³/mol. The van der Waals surface area contributed by atoms with Gasteiger partial charge in [-0.15, -0.1) is 0 Å². The minimum absolute atomic E-state index is 0.0122. The van der Waals surface area contributed by atoms with Gasteiger partial charge in [0.15, 0.2) is 19.7 Å². The summed E-state index contributed by atoms with van der Waals surface area (Å²) in [5, 5.41) is 0. The second-order valence-electron chi connectivity index (χ2n) is 7.42. The first-order valence-electron chi connectivity index (χ1n) is 9.31. The van der Waals surface area contributed by atoms with Crippen LogP contribution < -0.4 is 4.90 Å². The van der Waals surface area contributed by atoms with Crippen molar-refractivity contribution in [1.82, 2.24) is 0 Å². The number of anilines is 1. The van der Waals surface area contributed by atoms with E-state index in [0.29, 0.717) is 12.3 Å². The van der Waals surface area contributed by atoms with Gasteiger partial charge in [0.2, 0.25) is 0 Å². The average Bonchev–Trinajstić information content (AvgIpc) is 2.57. The Morgan fingerprint density at radius 2 is 1.67 bits per heavy atom. The molecule has 0 saturated heterocycles. The summed E-state index contributed by atoms with van der Waals surface area (Å²) in [4.78, 5) is 2.05. The Kier molecular flexibility index (Phi) is 6.34. The lowest BCUT2D eigenvalue weighted by Crippen LogP contribution is -2.64. The Labute approximate surface area is 163 Å². The van der Waals surface area contributed by atoms with Crippen molar-refractivity contribution >= 4 is 25.4 Å². The molecule has 1 fully saturated rings. The normalized spacial score (nSPS) is 22.3. The van der Waals surface area contributed by atoms with Gasteiger partial charge in [0.1, 0.15) is 0 Å². The van der Waals surface area contributed by atoms with Crippen LogP contribution in [0.1, 0.15) is 40.0 Å². The molecule has 1 saturated carbocycles. The van der Waals surface area contributed by atoms with Crippen LogP contribution in [0.4, 0.5) is 5.69 Å². The van der Waals surface area contributed by atoms with E-state index < -0.39 is 19.7 Å². The number of rotatable bonds is 8. The van der Waals surface area contributed by atoms with Crippen LogP contribution in [0.25, 0.3) is 0 Å². The number of ether oxygens (including phenoxy) is 1. The van der Waals surface area contributed by atoms with E-state index in [1.54, 1.807) is 6.07 Å². The smallest absolute Gasteiger partial charge is 0.177 e. The zero-order valence-electron chi connectivity index (χ0n) is 17.0. The first-order chi connectivity index (χ1) is 12.4. The Morgan fingerprint density at radius 3 is 2.11 bits per heavy atom. The molecule has 0 bridgehead atoms. The molecular formula is C19H31NO5S2. The maximum Gasteiger partial charge on any atom is 0.177 e. The maximum atomic E-state index is 12.4. The van der Waals surface area contributed by atoms with E-state index in [4.69, 9.17) is 4.74 Å². The predicted octanol–water partition coefficient (Wildman–Crippen LogP) is 2.91. The van der Waals surface area contributed by atoms with Gasteiger partial charge in [0.25, 0.3) is 0 Å². The molecule has 6 nitrogen and oxygen atoms in total. The van der Waals surface area contributed by atoms with E-state index >= 15 is 0 Å². The molecule has 0 aromatic heterocycles. The molecule has 27 heavy (non-hydrogen) atoms. The van der Waals surface area contributed by atoms with Crippen molar-refractivity contribution in [1.29, 1.82) is 0 Å². The minimum atomic E-state index is -3.59. The van der Waals surface area contributed by atoms with Crippen LogP contribution in [0.5, 0.6) is 0 Å². The Bertz CT molecular complexity index is 889. The van der Waals surface area contributed by atoms with Crippen molar-refractivity contribution in [3.8, 4) is 0 Å². The van der Waals surface area contributed by atoms with Crippen molar-refractivity contribution in [2.24, 2.45) is 5.41 Å². The molecule has 2 rings (SSSR count). The van der Waals surface area contributed by atoms with Gasteiger partial charge < -0.3 is 9.64 Å². The summed E-state index contributed by atoms with van der Waals surface area (Å²) in [5.74, 6) is 0. The summed E-state index contributed by atoms with van der Waals surface area (Å²) in [5.41, 5.74) is 0.491. The summed E-state index contributed by atoms with van der Waals surface area (Å²) < 4.78 is 54.5. The zero-order chi connectivity index (χ0) is 20.6. The van der Waals surface area contributed by atoms with Crippen molar-refractivity contribution < 1.29 is 21.6 Å². The number of hydrogen-bond donors (Lipinski definition) is 0. The molecule has 0 unspecified atom stereocenters. The number of hydrogen-bond acceptors (Lipinski definition) is 6. The zero-order valence-corrected chi connectivity index (χ0v) is 18.7. The first-order valence-corrected chi connectivity index (χ1v) is 13.1. The topological polar surface area (TPSA) is 80.8 Å². The molecule has 0 spiro atoms. The van der Waals surface area contributed by atoms with E-state index in [1.165, 1.54) is 12.1 Å². The monoisotopic (exact) mass is 417 g/mol. The Hall–Kier alpha value is -1.12. The number of benzene rings is 1. The molecule has 154 valence electrons. The van der Waals surface area contributed by atoms with Gasteiger partial charge in [-0.1, -0.05) is 13.8 Å². The van der Waals surface area contributed by atoms with Crippen molar-refractivity contribution in [3.05, 3.63) is 18.2 Å². The quantitative estimate of drug-likeness (QED) is 0.647. The number of nitrogens with zero attached hydrogens (tertiary/aromatic N) is 1. The third-order valence-corrected chi connectivity index (χ3v) is 8.27. The van der Waals surface area contributed by atoms with Crippen LogP contribution in [0, 0.1) is 5.41 Å². The summed E-state index contributed by atoms with van der Waals surface area (Å²) in [6, 6.07) is 4.49.